The Morgan fingerprint density at radius 3 is 2.63 bits per heavy atom. The van der Waals surface area contributed by atoms with Gasteiger partial charge in [0.25, 0.3) is 5.56 Å². The third kappa shape index (κ3) is 3.35. The Morgan fingerprint density at radius 2 is 1.90 bits per heavy atom. The van der Waals surface area contributed by atoms with Gasteiger partial charge in [-0.15, -0.1) is 0 Å². The molecule has 0 aliphatic carbocycles. The monoisotopic (exact) mass is 418 g/mol. The molecule has 2 aromatic carbocycles. The summed E-state index contributed by atoms with van der Waals surface area (Å²) in [6.07, 6.45) is 0. The SMILES string of the molecule is C/C(=N/Nc1nc2ccccc2c(=O)n1-c1cccc(C)c1C)c1c(C)nsc1N. The van der Waals surface area contributed by atoms with E-state index in [1.54, 1.807) is 10.6 Å². The van der Waals surface area contributed by atoms with Gasteiger partial charge < -0.3 is 5.73 Å². The maximum atomic E-state index is 13.4. The summed E-state index contributed by atoms with van der Waals surface area (Å²) in [7, 11) is 0. The molecule has 0 radical (unpaired) electrons. The highest BCUT2D eigenvalue weighted by atomic mass is 32.1. The first-order chi connectivity index (χ1) is 14.4. The minimum atomic E-state index is -0.155. The van der Waals surface area contributed by atoms with Gasteiger partial charge in [0, 0.05) is 0 Å². The molecule has 4 aromatic rings. The van der Waals surface area contributed by atoms with Gasteiger partial charge >= 0.3 is 0 Å². The minimum absolute atomic E-state index is 0.155. The van der Waals surface area contributed by atoms with Crippen molar-refractivity contribution in [1.29, 1.82) is 0 Å². The minimum Gasteiger partial charge on any atom is -0.389 e. The Balaban J connectivity index is 1.92. The topological polar surface area (TPSA) is 98.2 Å². The van der Waals surface area contributed by atoms with Gasteiger partial charge in [0.1, 0.15) is 5.00 Å². The smallest absolute Gasteiger partial charge is 0.267 e. The van der Waals surface area contributed by atoms with Gasteiger partial charge in [-0.05, 0) is 68.6 Å². The van der Waals surface area contributed by atoms with Gasteiger partial charge in [0.05, 0.1) is 33.6 Å². The van der Waals surface area contributed by atoms with Gasteiger partial charge in [-0.25, -0.2) is 15.0 Å². The lowest BCUT2D eigenvalue weighted by molar-refractivity contribution is 0.943. The van der Waals surface area contributed by atoms with Crippen LogP contribution in [0.25, 0.3) is 16.6 Å². The van der Waals surface area contributed by atoms with Gasteiger partial charge in [-0.2, -0.15) is 9.47 Å². The van der Waals surface area contributed by atoms with Crippen LogP contribution in [0.15, 0.2) is 52.4 Å². The lowest BCUT2D eigenvalue weighted by atomic mass is 10.1. The van der Waals surface area contributed by atoms with Crippen LogP contribution in [0.3, 0.4) is 0 Å². The van der Waals surface area contributed by atoms with Crippen molar-refractivity contribution in [2.75, 3.05) is 11.2 Å². The molecule has 0 saturated heterocycles. The molecular formula is C22H22N6OS. The van der Waals surface area contributed by atoms with Crippen LogP contribution in [0, 0.1) is 20.8 Å². The van der Waals surface area contributed by atoms with E-state index >= 15 is 0 Å². The van der Waals surface area contributed by atoms with Crippen molar-refractivity contribution in [3.8, 4) is 5.69 Å². The maximum Gasteiger partial charge on any atom is 0.267 e. The first-order valence-electron chi connectivity index (χ1n) is 9.49. The predicted octanol–water partition coefficient (Wildman–Crippen LogP) is 4.19. The number of nitrogens with zero attached hydrogens (tertiary/aromatic N) is 4. The van der Waals surface area contributed by atoms with Crippen molar-refractivity contribution in [3.63, 3.8) is 0 Å². The van der Waals surface area contributed by atoms with Crippen LogP contribution in [0.2, 0.25) is 0 Å². The van der Waals surface area contributed by atoms with Crippen molar-refractivity contribution in [2.24, 2.45) is 5.10 Å². The van der Waals surface area contributed by atoms with Crippen molar-refractivity contribution >= 4 is 39.1 Å². The second-order valence-corrected chi connectivity index (χ2v) is 7.93. The number of hydrogen-bond acceptors (Lipinski definition) is 7. The molecule has 0 saturated carbocycles. The number of hydrogen-bond donors (Lipinski definition) is 2. The van der Waals surface area contributed by atoms with E-state index in [1.165, 1.54) is 11.5 Å². The van der Waals surface area contributed by atoms with Crippen LogP contribution >= 0.6 is 11.5 Å². The van der Waals surface area contributed by atoms with Crippen molar-refractivity contribution in [3.05, 3.63) is 75.2 Å². The fourth-order valence-corrected chi connectivity index (χ4v) is 4.14. The highest BCUT2D eigenvalue weighted by Crippen LogP contribution is 2.23. The molecule has 0 aliphatic heterocycles. The van der Waals surface area contributed by atoms with Crippen LogP contribution in [-0.2, 0) is 0 Å². The number of nitrogens with two attached hydrogens (primary N) is 1. The second-order valence-electron chi connectivity index (χ2n) is 7.13. The molecule has 0 atom stereocenters. The van der Waals surface area contributed by atoms with E-state index in [0.29, 0.717) is 27.6 Å². The highest BCUT2D eigenvalue weighted by molar-refractivity contribution is 7.10. The third-order valence-corrected chi connectivity index (χ3v) is 5.93. The number of hydrazone groups is 1. The van der Waals surface area contributed by atoms with Crippen LogP contribution in [0.1, 0.15) is 29.3 Å². The maximum absolute atomic E-state index is 13.4. The van der Waals surface area contributed by atoms with Crippen LogP contribution in [0.4, 0.5) is 10.9 Å². The Bertz CT molecular complexity index is 1330. The second kappa shape index (κ2) is 7.72. The van der Waals surface area contributed by atoms with Crippen molar-refractivity contribution in [1.82, 2.24) is 13.9 Å². The third-order valence-electron chi connectivity index (χ3n) is 5.17. The summed E-state index contributed by atoms with van der Waals surface area (Å²) in [5.74, 6) is 0.339. The number of benzene rings is 2. The average molecular weight is 419 g/mol. The van der Waals surface area contributed by atoms with Crippen molar-refractivity contribution in [2.45, 2.75) is 27.7 Å². The molecule has 7 nitrogen and oxygen atoms in total. The lowest BCUT2D eigenvalue weighted by Crippen LogP contribution is -2.24. The summed E-state index contributed by atoms with van der Waals surface area (Å²) in [5, 5.41) is 5.63. The number of para-hydroxylation sites is 1. The highest BCUT2D eigenvalue weighted by Gasteiger charge is 2.16. The summed E-state index contributed by atoms with van der Waals surface area (Å²) in [4.78, 5) is 18.1. The standard InChI is InChI=1S/C22H22N6OS/c1-12-8-7-11-18(13(12)2)28-21(29)16-9-5-6-10-17(16)24-22(28)26-25-14(3)19-15(4)27-30-20(19)23/h5-11H,23H2,1-4H3,(H,24,26)/b25-14-. The van der Waals surface area contributed by atoms with E-state index in [4.69, 9.17) is 5.73 Å². The van der Waals surface area contributed by atoms with Crippen LogP contribution in [0.5, 0.6) is 0 Å². The first kappa shape index (κ1) is 19.8. The fraction of sp³-hybridized carbons (Fsp3) is 0.182. The van der Waals surface area contributed by atoms with Crippen molar-refractivity contribution < 1.29 is 0 Å². The summed E-state index contributed by atoms with van der Waals surface area (Å²) in [5.41, 5.74) is 14.6. The molecule has 2 heterocycles. The zero-order valence-corrected chi connectivity index (χ0v) is 18.0. The molecule has 0 fully saturated rings. The molecule has 2 aromatic heterocycles. The predicted molar refractivity (Wildman–Crippen MR) is 124 cm³/mol. The Hall–Kier alpha value is -3.52. The zero-order chi connectivity index (χ0) is 21.4. The average Bonchev–Trinajstić information content (AvgIpc) is 3.07. The van der Waals surface area contributed by atoms with Crippen LogP contribution in [-0.4, -0.2) is 19.6 Å². The first-order valence-corrected chi connectivity index (χ1v) is 10.3. The summed E-state index contributed by atoms with van der Waals surface area (Å²) >= 11 is 1.24. The van der Waals surface area contributed by atoms with E-state index in [-0.39, 0.29) is 5.56 Å². The quantitative estimate of drug-likeness (QED) is 0.383. The molecule has 8 heteroatoms. The number of aromatic nitrogens is 3. The van der Waals surface area contributed by atoms with Crippen LogP contribution < -0.4 is 16.7 Å². The summed E-state index contributed by atoms with van der Waals surface area (Å²) in [6.45, 7) is 7.75. The number of anilines is 2. The Kier molecular flexibility index (Phi) is 5.09. The molecule has 3 N–H and O–H groups in total. The van der Waals surface area contributed by atoms with Gasteiger partial charge in [-0.3, -0.25) is 4.79 Å². The zero-order valence-electron chi connectivity index (χ0n) is 17.2. The number of fused-ring (bicyclic) bond motifs is 1. The van der Waals surface area contributed by atoms with E-state index in [9.17, 15) is 4.79 Å². The molecule has 0 bridgehead atoms. The molecule has 0 unspecified atom stereocenters. The fourth-order valence-electron chi connectivity index (χ4n) is 3.43. The van der Waals surface area contributed by atoms with Gasteiger partial charge in [0.15, 0.2) is 0 Å². The number of aryl methyl sites for hydroxylation is 2. The van der Waals surface area contributed by atoms with E-state index in [2.05, 4.69) is 19.9 Å². The van der Waals surface area contributed by atoms with E-state index < -0.39 is 0 Å². The lowest BCUT2D eigenvalue weighted by Gasteiger charge is -2.16. The Labute approximate surface area is 178 Å². The van der Waals surface area contributed by atoms with E-state index in [1.807, 2.05) is 64.1 Å². The van der Waals surface area contributed by atoms with Gasteiger partial charge in [0.2, 0.25) is 5.95 Å². The number of nitrogens with one attached hydrogen (secondary N) is 1. The van der Waals surface area contributed by atoms with Gasteiger partial charge in [-0.1, -0.05) is 24.3 Å². The molecule has 152 valence electrons. The normalized spacial score (nSPS) is 11.8. The molecule has 0 spiro atoms. The molecule has 4 rings (SSSR count). The molecule has 30 heavy (non-hydrogen) atoms. The molecule has 0 aliphatic rings. The number of nitrogen functional groups attached to an aromatic ring is 1. The molecular weight excluding hydrogens is 396 g/mol. The van der Waals surface area contributed by atoms with E-state index in [0.717, 1.165) is 28.1 Å². The Morgan fingerprint density at radius 1 is 1.13 bits per heavy atom. The molecule has 0 amide bonds. The largest absolute Gasteiger partial charge is 0.389 e. The summed E-state index contributed by atoms with van der Waals surface area (Å²) < 4.78 is 5.84. The summed E-state index contributed by atoms with van der Waals surface area (Å²) in [6, 6.07) is 13.1. The number of rotatable bonds is 4.